The number of nitrogens with one attached hydrogen (secondary N) is 1. The van der Waals surface area contributed by atoms with Crippen LogP contribution in [0.3, 0.4) is 0 Å². The molecule has 4 nitrogen and oxygen atoms in total. The first-order valence-electron chi connectivity index (χ1n) is 7.70. The lowest BCUT2D eigenvalue weighted by atomic mass is 9.87. The Kier molecular flexibility index (Phi) is 4.94. The fraction of sp³-hybridized carbons (Fsp3) is 0.316. The minimum absolute atomic E-state index is 0.0896. The number of carbonyl (C=O) groups excluding carboxylic acids is 1. The van der Waals surface area contributed by atoms with Crippen molar-refractivity contribution in [3.8, 4) is 5.75 Å². The molecule has 0 spiro atoms. The van der Waals surface area contributed by atoms with E-state index in [1.54, 1.807) is 19.1 Å². The highest BCUT2D eigenvalue weighted by Crippen LogP contribution is 2.25. The summed E-state index contributed by atoms with van der Waals surface area (Å²) in [5, 5.41) is 2.78. The Balaban J connectivity index is 2.00. The molecule has 1 atom stereocenters. The van der Waals surface area contributed by atoms with Crippen molar-refractivity contribution < 1.29 is 9.53 Å². The molecular weight excluding hydrogens is 288 g/mol. The van der Waals surface area contributed by atoms with Gasteiger partial charge in [-0.3, -0.25) is 4.79 Å². The van der Waals surface area contributed by atoms with Crippen LogP contribution in [0.15, 0.2) is 48.5 Å². The molecule has 2 aromatic carbocycles. The van der Waals surface area contributed by atoms with Gasteiger partial charge in [-0.05, 0) is 42.2 Å². The second-order valence-corrected chi connectivity index (χ2v) is 6.61. The first-order valence-corrected chi connectivity index (χ1v) is 7.70. The summed E-state index contributed by atoms with van der Waals surface area (Å²) >= 11 is 0. The van der Waals surface area contributed by atoms with Crippen LogP contribution in [0.25, 0.3) is 0 Å². The Hall–Kier alpha value is -2.49. The molecule has 0 bridgehead atoms. The van der Waals surface area contributed by atoms with Gasteiger partial charge in [-0.25, -0.2) is 0 Å². The van der Waals surface area contributed by atoms with Crippen molar-refractivity contribution in [2.75, 3.05) is 11.1 Å². The van der Waals surface area contributed by atoms with Crippen molar-refractivity contribution in [3.63, 3.8) is 0 Å². The molecule has 3 N–H and O–H groups in total. The molecule has 0 fully saturated rings. The molecule has 0 radical (unpaired) electrons. The van der Waals surface area contributed by atoms with Crippen LogP contribution in [0, 0.1) is 0 Å². The minimum Gasteiger partial charge on any atom is -0.481 e. The summed E-state index contributed by atoms with van der Waals surface area (Å²) in [6, 6.07) is 15.0. The third-order valence-electron chi connectivity index (χ3n) is 3.62. The third-order valence-corrected chi connectivity index (χ3v) is 3.62. The number of benzene rings is 2. The number of hydrogen-bond donors (Lipinski definition) is 2. The van der Waals surface area contributed by atoms with E-state index in [-0.39, 0.29) is 11.3 Å². The number of nitrogen functional groups attached to an aromatic ring is 1. The van der Waals surface area contributed by atoms with Crippen molar-refractivity contribution in [1.29, 1.82) is 0 Å². The van der Waals surface area contributed by atoms with E-state index in [9.17, 15) is 4.79 Å². The van der Waals surface area contributed by atoms with E-state index in [2.05, 4.69) is 26.1 Å². The first-order chi connectivity index (χ1) is 10.8. The predicted octanol–water partition coefficient (Wildman–Crippen LogP) is 3.97. The van der Waals surface area contributed by atoms with Gasteiger partial charge >= 0.3 is 0 Å². The lowest BCUT2D eigenvalue weighted by Crippen LogP contribution is -2.30. The fourth-order valence-corrected chi connectivity index (χ4v) is 2.14. The van der Waals surface area contributed by atoms with Gasteiger partial charge < -0.3 is 15.8 Å². The summed E-state index contributed by atoms with van der Waals surface area (Å²) in [7, 11) is 0. The van der Waals surface area contributed by atoms with E-state index in [0.717, 1.165) is 0 Å². The van der Waals surface area contributed by atoms with Crippen LogP contribution in [-0.2, 0) is 10.2 Å². The van der Waals surface area contributed by atoms with Gasteiger partial charge in [0.2, 0.25) is 0 Å². The average Bonchev–Trinajstić information content (AvgIpc) is 2.49. The van der Waals surface area contributed by atoms with Gasteiger partial charge in [-0.1, -0.05) is 45.0 Å². The summed E-state index contributed by atoms with van der Waals surface area (Å²) < 4.78 is 5.70. The number of hydrogen-bond acceptors (Lipinski definition) is 3. The summed E-state index contributed by atoms with van der Waals surface area (Å²) in [6.45, 7) is 8.18. The van der Waals surface area contributed by atoms with Gasteiger partial charge in [0.15, 0.2) is 6.10 Å². The largest absolute Gasteiger partial charge is 0.481 e. The third kappa shape index (κ3) is 4.49. The second-order valence-electron chi connectivity index (χ2n) is 6.61. The highest BCUT2D eigenvalue weighted by atomic mass is 16.5. The zero-order chi connectivity index (χ0) is 17.0. The van der Waals surface area contributed by atoms with Crippen molar-refractivity contribution in [2.45, 2.75) is 39.2 Å². The van der Waals surface area contributed by atoms with E-state index < -0.39 is 6.10 Å². The molecule has 1 unspecified atom stereocenters. The maximum Gasteiger partial charge on any atom is 0.265 e. The predicted molar refractivity (Wildman–Crippen MR) is 94.7 cm³/mol. The maximum absolute atomic E-state index is 12.2. The van der Waals surface area contributed by atoms with Crippen LogP contribution in [-0.4, -0.2) is 12.0 Å². The highest BCUT2D eigenvalue weighted by molar-refractivity contribution is 5.96. The highest BCUT2D eigenvalue weighted by Gasteiger charge is 2.17. The Morgan fingerprint density at radius 2 is 1.70 bits per heavy atom. The van der Waals surface area contributed by atoms with Gasteiger partial charge in [-0.15, -0.1) is 0 Å². The average molecular weight is 312 g/mol. The number of carbonyl (C=O) groups is 1. The zero-order valence-electron chi connectivity index (χ0n) is 14.1. The molecule has 0 aliphatic carbocycles. The summed E-state index contributed by atoms with van der Waals surface area (Å²) in [5.41, 5.74) is 8.26. The van der Waals surface area contributed by atoms with Crippen molar-refractivity contribution in [3.05, 3.63) is 54.1 Å². The molecule has 2 rings (SSSR count). The fourth-order valence-electron chi connectivity index (χ4n) is 2.14. The van der Waals surface area contributed by atoms with E-state index in [1.807, 2.05) is 36.4 Å². The van der Waals surface area contributed by atoms with Crippen molar-refractivity contribution in [2.24, 2.45) is 0 Å². The van der Waals surface area contributed by atoms with Crippen LogP contribution in [0.5, 0.6) is 5.75 Å². The number of rotatable bonds is 4. The summed E-state index contributed by atoms with van der Waals surface area (Å²) in [6.07, 6.45) is -0.616. The molecule has 4 heteroatoms. The monoisotopic (exact) mass is 312 g/mol. The van der Waals surface area contributed by atoms with Crippen LogP contribution < -0.4 is 15.8 Å². The Morgan fingerprint density at radius 1 is 1.09 bits per heavy atom. The number of ether oxygens (including phenoxy) is 1. The molecule has 0 saturated heterocycles. The molecule has 1 amide bonds. The van der Waals surface area contributed by atoms with Gasteiger partial charge in [-0.2, -0.15) is 0 Å². The molecular formula is C19H24N2O2. The van der Waals surface area contributed by atoms with Gasteiger partial charge in [0.05, 0.1) is 11.4 Å². The molecule has 0 saturated carbocycles. The Labute approximate surface area is 137 Å². The lowest BCUT2D eigenvalue weighted by molar-refractivity contribution is -0.122. The van der Waals surface area contributed by atoms with E-state index in [1.165, 1.54) is 5.56 Å². The van der Waals surface area contributed by atoms with E-state index in [4.69, 9.17) is 10.5 Å². The van der Waals surface area contributed by atoms with Crippen molar-refractivity contribution in [1.82, 2.24) is 0 Å². The standard InChI is InChI=1S/C19H24N2O2/c1-13(18(22)21-17-8-6-5-7-16(17)20)23-15-11-9-14(10-12-15)19(2,3)4/h5-13H,20H2,1-4H3,(H,21,22). The smallest absolute Gasteiger partial charge is 0.265 e. The number of nitrogens with two attached hydrogens (primary N) is 1. The van der Waals surface area contributed by atoms with Gasteiger partial charge in [0.1, 0.15) is 5.75 Å². The first kappa shape index (κ1) is 16.9. The quantitative estimate of drug-likeness (QED) is 0.840. The molecule has 0 aliphatic rings. The molecule has 0 aromatic heterocycles. The normalized spacial score (nSPS) is 12.5. The number of anilines is 2. The lowest BCUT2D eigenvalue weighted by Gasteiger charge is -2.20. The molecule has 2 aromatic rings. The molecule has 0 aliphatic heterocycles. The Bertz CT molecular complexity index is 673. The number of para-hydroxylation sites is 2. The zero-order valence-corrected chi connectivity index (χ0v) is 14.1. The summed E-state index contributed by atoms with van der Waals surface area (Å²) in [4.78, 5) is 12.2. The molecule has 122 valence electrons. The summed E-state index contributed by atoms with van der Waals surface area (Å²) in [5.74, 6) is 0.435. The topological polar surface area (TPSA) is 64.3 Å². The van der Waals surface area contributed by atoms with Crippen molar-refractivity contribution >= 4 is 17.3 Å². The molecule has 0 heterocycles. The van der Waals surface area contributed by atoms with E-state index >= 15 is 0 Å². The Morgan fingerprint density at radius 3 is 2.26 bits per heavy atom. The van der Waals surface area contributed by atoms with Gasteiger partial charge in [0, 0.05) is 0 Å². The molecule has 23 heavy (non-hydrogen) atoms. The maximum atomic E-state index is 12.2. The van der Waals surface area contributed by atoms with E-state index in [0.29, 0.717) is 17.1 Å². The van der Waals surface area contributed by atoms with Gasteiger partial charge in [0.25, 0.3) is 5.91 Å². The van der Waals surface area contributed by atoms with Crippen LogP contribution in [0.4, 0.5) is 11.4 Å². The SMILES string of the molecule is CC(Oc1ccc(C(C)(C)C)cc1)C(=O)Nc1ccccc1N. The minimum atomic E-state index is -0.616. The second kappa shape index (κ2) is 6.73. The van der Waals surface area contributed by atoms with Crippen LogP contribution in [0.2, 0.25) is 0 Å². The van der Waals surface area contributed by atoms with Crippen LogP contribution in [0.1, 0.15) is 33.3 Å². The number of amides is 1. The van der Waals surface area contributed by atoms with Crippen LogP contribution >= 0.6 is 0 Å².